The highest BCUT2D eigenvalue weighted by atomic mass is 16.3. The molecule has 1 atom stereocenters. The van der Waals surface area contributed by atoms with Gasteiger partial charge in [0.05, 0.1) is 6.10 Å². The summed E-state index contributed by atoms with van der Waals surface area (Å²) >= 11 is 0. The van der Waals surface area contributed by atoms with Gasteiger partial charge in [-0.3, -0.25) is 0 Å². The highest BCUT2D eigenvalue weighted by molar-refractivity contribution is 4.90. The molecule has 2 nitrogen and oxygen atoms in total. The molecule has 14 heavy (non-hydrogen) atoms. The minimum Gasteiger partial charge on any atom is -0.396 e. The summed E-state index contributed by atoms with van der Waals surface area (Å²) in [5, 5.41) is 19.3. The Balaban J connectivity index is 2.68. The van der Waals surface area contributed by atoms with Crippen molar-refractivity contribution in [2.24, 2.45) is 11.3 Å². The van der Waals surface area contributed by atoms with E-state index in [1.165, 1.54) is 19.3 Å². The molecule has 0 aromatic heterocycles. The molecule has 0 saturated heterocycles. The number of aliphatic hydroxyl groups excluding tert-OH is 2. The second-order valence-corrected chi connectivity index (χ2v) is 5.09. The molecule has 1 rings (SSSR count). The van der Waals surface area contributed by atoms with Crippen molar-refractivity contribution in [3.8, 4) is 0 Å². The third-order valence-electron chi connectivity index (χ3n) is 3.72. The first-order valence-electron chi connectivity index (χ1n) is 5.91. The molecule has 1 saturated carbocycles. The molecular weight excluding hydrogens is 176 g/mol. The van der Waals surface area contributed by atoms with Crippen molar-refractivity contribution in [3.63, 3.8) is 0 Å². The van der Waals surface area contributed by atoms with Gasteiger partial charge in [0.1, 0.15) is 0 Å². The minimum absolute atomic E-state index is 0.0150. The standard InChI is InChI=1S/C12H24O2/c1-10(2)11(14)12(8-9-13)6-4-3-5-7-12/h10-11,13-14H,3-9H2,1-2H3. The summed E-state index contributed by atoms with van der Waals surface area (Å²) < 4.78 is 0. The van der Waals surface area contributed by atoms with E-state index in [4.69, 9.17) is 5.11 Å². The van der Waals surface area contributed by atoms with Crippen LogP contribution in [0.3, 0.4) is 0 Å². The molecular formula is C12H24O2. The van der Waals surface area contributed by atoms with Crippen molar-refractivity contribution in [2.45, 2.75) is 58.5 Å². The summed E-state index contributed by atoms with van der Waals surface area (Å²) in [6.07, 6.45) is 6.42. The van der Waals surface area contributed by atoms with Gasteiger partial charge in [0.15, 0.2) is 0 Å². The van der Waals surface area contributed by atoms with Crippen LogP contribution >= 0.6 is 0 Å². The summed E-state index contributed by atoms with van der Waals surface area (Å²) in [7, 11) is 0. The number of hydrogen-bond acceptors (Lipinski definition) is 2. The van der Waals surface area contributed by atoms with Gasteiger partial charge in [-0.15, -0.1) is 0 Å². The van der Waals surface area contributed by atoms with Crippen LogP contribution in [0.1, 0.15) is 52.4 Å². The quantitative estimate of drug-likeness (QED) is 0.731. The first kappa shape index (κ1) is 12.0. The van der Waals surface area contributed by atoms with Gasteiger partial charge in [0.2, 0.25) is 0 Å². The largest absolute Gasteiger partial charge is 0.396 e. The molecule has 0 heterocycles. The van der Waals surface area contributed by atoms with Crippen LogP contribution in [0.5, 0.6) is 0 Å². The monoisotopic (exact) mass is 200 g/mol. The van der Waals surface area contributed by atoms with E-state index in [-0.39, 0.29) is 18.1 Å². The minimum atomic E-state index is -0.241. The first-order chi connectivity index (χ1) is 6.62. The maximum absolute atomic E-state index is 10.2. The van der Waals surface area contributed by atoms with Crippen molar-refractivity contribution < 1.29 is 10.2 Å². The van der Waals surface area contributed by atoms with E-state index in [0.29, 0.717) is 5.92 Å². The van der Waals surface area contributed by atoms with Crippen LogP contribution in [0.4, 0.5) is 0 Å². The molecule has 2 heteroatoms. The van der Waals surface area contributed by atoms with Gasteiger partial charge in [-0.25, -0.2) is 0 Å². The van der Waals surface area contributed by atoms with Crippen molar-refractivity contribution in [1.82, 2.24) is 0 Å². The van der Waals surface area contributed by atoms with E-state index >= 15 is 0 Å². The predicted molar refractivity (Wildman–Crippen MR) is 58.1 cm³/mol. The normalized spacial score (nSPS) is 23.8. The molecule has 0 aromatic carbocycles. The van der Waals surface area contributed by atoms with Crippen molar-refractivity contribution in [1.29, 1.82) is 0 Å². The average molecular weight is 200 g/mol. The fourth-order valence-electron chi connectivity index (χ4n) is 2.88. The van der Waals surface area contributed by atoms with Gasteiger partial charge in [0, 0.05) is 6.61 Å². The molecule has 1 fully saturated rings. The van der Waals surface area contributed by atoms with Crippen LogP contribution < -0.4 is 0 Å². The van der Waals surface area contributed by atoms with E-state index in [9.17, 15) is 5.11 Å². The smallest absolute Gasteiger partial charge is 0.0620 e. The molecule has 0 spiro atoms. The fourth-order valence-corrected chi connectivity index (χ4v) is 2.88. The van der Waals surface area contributed by atoms with E-state index in [0.717, 1.165) is 19.3 Å². The maximum Gasteiger partial charge on any atom is 0.0620 e. The lowest BCUT2D eigenvalue weighted by atomic mass is 9.66. The zero-order valence-electron chi connectivity index (χ0n) is 9.50. The summed E-state index contributed by atoms with van der Waals surface area (Å²) in [5.74, 6) is 0.305. The second kappa shape index (κ2) is 5.13. The lowest BCUT2D eigenvalue weighted by Gasteiger charge is -2.42. The number of hydrogen-bond donors (Lipinski definition) is 2. The molecule has 0 radical (unpaired) electrons. The molecule has 84 valence electrons. The lowest BCUT2D eigenvalue weighted by Crippen LogP contribution is -2.41. The first-order valence-corrected chi connectivity index (χ1v) is 5.91. The van der Waals surface area contributed by atoms with Crippen LogP contribution in [-0.4, -0.2) is 22.9 Å². The third kappa shape index (κ3) is 2.48. The Kier molecular flexibility index (Phi) is 4.39. The fraction of sp³-hybridized carbons (Fsp3) is 1.00. The summed E-state index contributed by atoms with van der Waals surface area (Å²) in [6, 6.07) is 0. The van der Waals surface area contributed by atoms with Crippen LogP contribution in [0, 0.1) is 11.3 Å². The Morgan fingerprint density at radius 2 is 1.71 bits per heavy atom. The Bertz CT molecular complexity index is 154. The summed E-state index contributed by atoms with van der Waals surface area (Å²) in [6.45, 7) is 4.35. The van der Waals surface area contributed by atoms with Crippen LogP contribution in [0.25, 0.3) is 0 Å². The molecule has 1 unspecified atom stereocenters. The molecule has 0 aliphatic heterocycles. The third-order valence-corrected chi connectivity index (χ3v) is 3.72. The highest BCUT2D eigenvalue weighted by Gasteiger charge is 2.39. The topological polar surface area (TPSA) is 40.5 Å². The second-order valence-electron chi connectivity index (χ2n) is 5.09. The Labute approximate surface area is 87.3 Å². The summed E-state index contributed by atoms with van der Waals surface area (Å²) in [5.41, 5.74) is 0.0150. The average Bonchev–Trinajstić information content (AvgIpc) is 2.18. The van der Waals surface area contributed by atoms with E-state index in [1.807, 2.05) is 0 Å². The van der Waals surface area contributed by atoms with Gasteiger partial charge in [-0.05, 0) is 30.6 Å². The highest BCUT2D eigenvalue weighted by Crippen LogP contribution is 2.44. The van der Waals surface area contributed by atoms with Gasteiger partial charge >= 0.3 is 0 Å². The Hall–Kier alpha value is -0.0800. The van der Waals surface area contributed by atoms with Gasteiger partial charge in [-0.2, -0.15) is 0 Å². The van der Waals surface area contributed by atoms with Crippen molar-refractivity contribution in [2.75, 3.05) is 6.61 Å². The molecule has 2 N–H and O–H groups in total. The number of rotatable bonds is 4. The molecule has 1 aliphatic carbocycles. The van der Waals surface area contributed by atoms with Crippen LogP contribution in [-0.2, 0) is 0 Å². The predicted octanol–water partition coefficient (Wildman–Crippen LogP) is 2.34. The van der Waals surface area contributed by atoms with Gasteiger partial charge < -0.3 is 10.2 Å². The Morgan fingerprint density at radius 3 is 2.14 bits per heavy atom. The van der Waals surface area contributed by atoms with E-state index in [1.54, 1.807) is 0 Å². The van der Waals surface area contributed by atoms with E-state index in [2.05, 4.69) is 13.8 Å². The number of aliphatic hydroxyl groups is 2. The summed E-state index contributed by atoms with van der Waals surface area (Å²) in [4.78, 5) is 0. The Morgan fingerprint density at radius 1 is 1.14 bits per heavy atom. The van der Waals surface area contributed by atoms with E-state index < -0.39 is 0 Å². The molecule has 0 amide bonds. The van der Waals surface area contributed by atoms with Crippen molar-refractivity contribution in [3.05, 3.63) is 0 Å². The molecule has 0 aromatic rings. The zero-order chi connectivity index (χ0) is 10.6. The maximum atomic E-state index is 10.2. The van der Waals surface area contributed by atoms with Gasteiger partial charge in [0.25, 0.3) is 0 Å². The van der Waals surface area contributed by atoms with Gasteiger partial charge in [-0.1, -0.05) is 33.1 Å². The van der Waals surface area contributed by atoms with Crippen LogP contribution in [0.2, 0.25) is 0 Å². The zero-order valence-corrected chi connectivity index (χ0v) is 9.50. The lowest BCUT2D eigenvalue weighted by molar-refractivity contribution is -0.0468. The van der Waals surface area contributed by atoms with Crippen LogP contribution in [0.15, 0.2) is 0 Å². The molecule has 0 bridgehead atoms. The molecule has 1 aliphatic rings. The SMILES string of the molecule is CC(C)C(O)C1(CCO)CCCCC1. The van der Waals surface area contributed by atoms with Crippen molar-refractivity contribution >= 4 is 0 Å².